The van der Waals surface area contributed by atoms with Crippen molar-refractivity contribution in [1.82, 2.24) is 4.98 Å². The van der Waals surface area contributed by atoms with Crippen LogP contribution in [0.5, 0.6) is 11.5 Å². The highest BCUT2D eigenvalue weighted by atomic mass is 16.5. The van der Waals surface area contributed by atoms with Crippen LogP contribution in [0.4, 0.5) is 0 Å². The summed E-state index contributed by atoms with van der Waals surface area (Å²) in [6.45, 7) is 0.529. The summed E-state index contributed by atoms with van der Waals surface area (Å²) in [7, 11) is 0. The Bertz CT molecular complexity index is 692. The number of aromatic hydroxyl groups is 1. The number of pyridine rings is 1. The van der Waals surface area contributed by atoms with Gasteiger partial charge in [0.2, 0.25) is 0 Å². The third-order valence-electron chi connectivity index (χ3n) is 3.15. The van der Waals surface area contributed by atoms with Gasteiger partial charge >= 0.3 is 0 Å². The Morgan fingerprint density at radius 1 is 0.857 bits per heavy atom. The van der Waals surface area contributed by atoms with E-state index in [1.165, 1.54) is 0 Å². The van der Waals surface area contributed by atoms with Crippen LogP contribution in [0.2, 0.25) is 0 Å². The number of phenols is 1. The number of aromatic nitrogens is 1. The number of nitrogens with zero attached hydrogens (tertiary/aromatic N) is 1. The zero-order valence-corrected chi connectivity index (χ0v) is 11.4. The normalized spacial score (nSPS) is 10.3. The monoisotopic (exact) mass is 277 g/mol. The number of phenolic OH excluding ortho intramolecular Hbond substituents is 1. The molecule has 1 N–H and O–H groups in total. The lowest BCUT2D eigenvalue weighted by atomic mass is 10.1. The molecule has 0 spiro atoms. The second-order valence-electron chi connectivity index (χ2n) is 4.70. The van der Waals surface area contributed by atoms with Crippen LogP contribution in [-0.2, 0) is 6.61 Å². The lowest BCUT2D eigenvalue weighted by molar-refractivity contribution is 0.305. The first kappa shape index (κ1) is 13.2. The van der Waals surface area contributed by atoms with Gasteiger partial charge in [0.1, 0.15) is 18.1 Å². The van der Waals surface area contributed by atoms with Crippen LogP contribution in [0, 0.1) is 0 Å². The fourth-order valence-electron chi connectivity index (χ4n) is 2.01. The van der Waals surface area contributed by atoms with Gasteiger partial charge in [0.25, 0.3) is 0 Å². The Labute approximate surface area is 123 Å². The number of benzene rings is 2. The van der Waals surface area contributed by atoms with E-state index in [0.717, 1.165) is 22.6 Å². The number of hydrogen-bond donors (Lipinski definition) is 1. The summed E-state index contributed by atoms with van der Waals surface area (Å²) < 4.78 is 5.70. The molecule has 0 amide bonds. The summed E-state index contributed by atoms with van der Waals surface area (Å²) in [4.78, 5) is 4.38. The van der Waals surface area contributed by atoms with Crippen molar-refractivity contribution in [3.8, 4) is 22.8 Å². The van der Waals surface area contributed by atoms with E-state index in [1.807, 2.05) is 54.6 Å². The molecule has 0 saturated carbocycles. The predicted molar refractivity (Wildman–Crippen MR) is 82.1 cm³/mol. The third-order valence-corrected chi connectivity index (χ3v) is 3.15. The van der Waals surface area contributed by atoms with Gasteiger partial charge in [-0.15, -0.1) is 0 Å². The first-order valence-corrected chi connectivity index (χ1v) is 6.73. The van der Waals surface area contributed by atoms with Gasteiger partial charge in [0, 0.05) is 5.56 Å². The number of rotatable bonds is 4. The molecule has 0 unspecified atom stereocenters. The van der Waals surface area contributed by atoms with E-state index < -0.39 is 0 Å². The molecule has 0 aliphatic heterocycles. The van der Waals surface area contributed by atoms with Crippen molar-refractivity contribution in [3.63, 3.8) is 0 Å². The second-order valence-corrected chi connectivity index (χ2v) is 4.70. The SMILES string of the molecule is Oc1ccc(-c2ccc(OCc3ccccc3)cn2)cc1. The minimum Gasteiger partial charge on any atom is -0.508 e. The summed E-state index contributed by atoms with van der Waals surface area (Å²) in [5.41, 5.74) is 2.93. The fraction of sp³-hybridized carbons (Fsp3) is 0.0556. The van der Waals surface area contributed by atoms with Crippen molar-refractivity contribution in [1.29, 1.82) is 0 Å². The Morgan fingerprint density at radius 2 is 1.62 bits per heavy atom. The van der Waals surface area contributed by atoms with E-state index in [1.54, 1.807) is 18.3 Å². The van der Waals surface area contributed by atoms with Crippen LogP contribution in [0.15, 0.2) is 72.9 Å². The van der Waals surface area contributed by atoms with E-state index in [4.69, 9.17) is 4.74 Å². The zero-order valence-electron chi connectivity index (χ0n) is 11.4. The van der Waals surface area contributed by atoms with Gasteiger partial charge in [0.15, 0.2) is 0 Å². The molecular formula is C18H15NO2. The minimum atomic E-state index is 0.251. The molecule has 2 aromatic carbocycles. The van der Waals surface area contributed by atoms with Gasteiger partial charge < -0.3 is 9.84 Å². The van der Waals surface area contributed by atoms with Crippen LogP contribution in [0.25, 0.3) is 11.3 Å². The van der Waals surface area contributed by atoms with Crippen molar-refractivity contribution in [3.05, 3.63) is 78.5 Å². The Morgan fingerprint density at radius 3 is 2.29 bits per heavy atom. The van der Waals surface area contributed by atoms with E-state index in [0.29, 0.717) is 6.61 Å². The fourth-order valence-corrected chi connectivity index (χ4v) is 2.01. The highest BCUT2D eigenvalue weighted by Crippen LogP contribution is 2.22. The first-order valence-electron chi connectivity index (χ1n) is 6.73. The Kier molecular flexibility index (Phi) is 3.83. The first-order chi connectivity index (χ1) is 10.3. The molecule has 3 nitrogen and oxygen atoms in total. The van der Waals surface area contributed by atoms with Crippen molar-refractivity contribution in [2.45, 2.75) is 6.61 Å². The summed E-state index contributed by atoms with van der Waals surface area (Å²) in [6.07, 6.45) is 1.71. The smallest absolute Gasteiger partial charge is 0.138 e. The van der Waals surface area contributed by atoms with Crippen molar-refractivity contribution < 1.29 is 9.84 Å². The molecule has 104 valence electrons. The maximum Gasteiger partial charge on any atom is 0.138 e. The highest BCUT2D eigenvalue weighted by Gasteiger charge is 2.01. The van der Waals surface area contributed by atoms with Gasteiger partial charge in [0.05, 0.1) is 11.9 Å². The second kappa shape index (κ2) is 6.09. The Hall–Kier alpha value is -2.81. The van der Waals surface area contributed by atoms with E-state index >= 15 is 0 Å². The van der Waals surface area contributed by atoms with E-state index in [2.05, 4.69) is 4.98 Å². The quantitative estimate of drug-likeness (QED) is 0.782. The molecule has 0 bridgehead atoms. The van der Waals surface area contributed by atoms with Crippen LogP contribution >= 0.6 is 0 Å². The molecule has 0 aliphatic carbocycles. The Balaban J connectivity index is 1.68. The van der Waals surface area contributed by atoms with Crippen LogP contribution < -0.4 is 4.74 Å². The molecule has 3 rings (SSSR count). The zero-order chi connectivity index (χ0) is 14.5. The highest BCUT2D eigenvalue weighted by molar-refractivity contribution is 5.60. The van der Waals surface area contributed by atoms with E-state index in [9.17, 15) is 5.11 Å². The van der Waals surface area contributed by atoms with Crippen LogP contribution in [-0.4, -0.2) is 10.1 Å². The summed E-state index contributed by atoms with van der Waals surface area (Å²) in [6, 6.07) is 20.8. The molecule has 3 heteroatoms. The molecule has 21 heavy (non-hydrogen) atoms. The largest absolute Gasteiger partial charge is 0.508 e. The number of hydrogen-bond acceptors (Lipinski definition) is 3. The predicted octanol–water partition coefficient (Wildman–Crippen LogP) is 4.03. The maximum atomic E-state index is 9.29. The molecule has 1 heterocycles. The molecule has 0 fully saturated rings. The lowest BCUT2D eigenvalue weighted by Crippen LogP contribution is -1.95. The minimum absolute atomic E-state index is 0.251. The molecule has 0 atom stereocenters. The van der Waals surface area contributed by atoms with Gasteiger partial charge in [-0.05, 0) is 42.0 Å². The van der Waals surface area contributed by atoms with Gasteiger partial charge in [-0.2, -0.15) is 0 Å². The third kappa shape index (κ3) is 3.39. The van der Waals surface area contributed by atoms with Gasteiger partial charge in [-0.3, -0.25) is 4.98 Å². The van der Waals surface area contributed by atoms with Crippen molar-refractivity contribution in [2.75, 3.05) is 0 Å². The average Bonchev–Trinajstić information content (AvgIpc) is 2.55. The van der Waals surface area contributed by atoms with E-state index in [-0.39, 0.29) is 5.75 Å². The summed E-state index contributed by atoms with van der Waals surface area (Å²) >= 11 is 0. The summed E-state index contributed by atoms with van der Waals surface area (Å²) in [5.74, 6) is 0.989. The molecule has 1 aromatic heterocycles. The molecule has 0 aliphatic rings. The number of ether oxygens (including phenoxy) is 1. The standard InChI is InChI=1S/C18H15NO2/c20-16-8-6-15(7-9-16)18-11-10-17(12-19-18)21-13-14-4-2-1-3-5-14/h1-12,20H,13H2. The average molecular weight is 277 g/mol. The molecule has 0 radical (unpaired) electrons. The maximum absolute atomic E-state index is 9.29. The molecular weight excluding hydrogens is 262 g/mol. The van der Waals surface area contributed by atoms with Crippen molar-refractivity contribution >= 4 is 0 Å². The topological polar surface area (TPSA) is 42.4 Å². The summed E-state index contributed by atoms with van der Waals surface area (Å²) in [5, 5.41) is 9.29. The van der Waals surface area contributed by atoms with Gasteiger partial charge in [-0.1, -0.05) is 30.3 Å². The van der Waals surface area contributed by atoms with Crippen LogP contribution in [0.3, 0.4) is 0 Å². The van der Waals surface area contributed by atoms with Gasteiger partial charge in [-0.25, -0.2) is 0 Å². The van der Waals surface area contributed by atoms with Crippen LogP contribution in [0.1, 0.15) is 5.56 Å². The van der Waals surface area contributed by atoms with Crippen molar-refractivity contribution in [2.24, 2.45) is 0 Å². The molecule has 3 aromatic rings. The molecule has 0 saturated heterocycles. The lowest BCUT2D eigenvalue weighted by Gasteiger charge is -2.07.